The zero-order chi connectivity index (χ0) is 13.6. The monoisotopic (exact) mass is 244 g/mol. The standard InChI is InChI=1S/C13H32N4/c1-6-8(2)9(3)7-11(14)13(16)12(15)10(4)17-5/h8-13,17H,6-7,14-16H2,1-5H3/t8?,9?,10?,11?,12?,13-/m1/s1. The summed E-state index contributed by atoms with van der Waals surface area (Å²) in [5, 5.41) is 3.13. The Labute approximate surface area is 107 Å². The summed E-state index contributed by atoms with van der Waals surface area (Å²) in [7, 11) is 1.89. The van der Waals surface area contributed by atoms with E-state index in [1.54, 1.807) is 0 Å². The van der Waals surface area contributed by atoms with Gasteiger partial charge in [0.25, 0.3) is 0 Å². The van der Waals surface area contributed by atoms with Crippen molar-refractivity contribution >= 4 is 0 Å². The minimum atomic E-state index is -0.149. The van der Waals surface area contributed by atoms with Crippen LogP contribution in [0.3, 0.4) is 0 Å². The van der Waals surface area contributed by atoms with Crippen molar-refractivity contribution in [2.24, 2.45) is 29.0 Å². The summed E-state index contributed by atoms with van der Waals surface area (Å²) in [5.74, 6) is 1.28. The molecule has 7 N–H and O–H groups in total. The number of nitrogens with two attached hydrogens (primary N) is 3. The van der Waals surface area contributed by atoms with E-state index in [0.717, 1.165) is 6.42 Å². The van der Waals surface area contributed by atoms with Crippen LogP contribution < -0.4 is 22.5 Å². The Morgan fingerprint density at radius 3 is 1.88 bits per heavy atom. The summed E-state index contributed by atoms with van der Waals surface area (Å²) < 4.78 is 0. The topological polar surface area (TPSA) is 90.1 Å². The lowest BCUT2D eigenvalue weighted by Crippen LogP contribution is -2.60. The number of nitrogens with one attached hydrogen (secondary N) is 1. The van der Waals surface area contributed by atoms with Crippen molar-refractivity contribution in [2.75, 3.05) is 7.05 Å². The largest absolute Gasteiger partial charge is 0.326 e. The van der Waals surface area contributed by atoms with E-state index in [-0.39, 0.29) is 24.2 Å². The van der Waals surface area contributed by atoms with Crippen LogP contribution in [0.1, 0.15) is 40.5 Å². The molecule has 0 aromatic heterocycles. The van der Waals surface area contributed by atoms with Crippen LogP contribution in [0.2, 0.25) is 0 Å². The molecule has 0 aliphatic carbocycles. The third kappa shape index (κ3) is 5.34. The Balaban J connectivity index is 4.25. The van der Waals surface area contributed by atoms with Crippen LogP contribution in [0.4, 0.5) is 0 Å². The molecule has 4 heteroatoms. The highest BCUT2D eigenvalue weighted by molar-refractivity contribution is 4.91. The number of hydrogen-bond acceptors (Lipinski definition) is 4. The molecule has 0 aliphatic rings. The first-order valence-electron chi connectivity index (χ1n) is 6.79. The molecule has 0 rings (SSSR count). The van der Waals surface area contributed by atoms with Gasteiger partial charge in [-0.25, -0.2) is 0 Å². The van der Waals surface area contributed by atoms with Crippen LogP contribution in [-0.4, -0.2) is 31.2 Å². The average molecular weight is 244 g/mol. The fourth-order valence-electron chi connectivity index (χ4n) is 2.03. The molecule has 0 aromatic rings. The fourth-order valence-corrected chi connectivity index (χ4v) is 2.03. The molecule has 0 aromatic carbocycles. The van der Waals surface area contributed by atoms with Gasteiger partial charge in [0.1, 0.15) is 0 Å². The van der Waals surface area contributed by atoms with E-state index in [2.05, 4.69) is 26.1 Å². The van der Waals surface area contributed by atoms with Gasteiger partial charge in [0.2, 0.25) is 0 Å². The van der Waals surface area contributed by atoms with Crippen LogP contribution >= 0.6 is 0 Å². The third-order valence-electron chi connectivity index (χ3n) is 4.23. The predicted octanol–water partition coefficient (Wildman–Crippen LogP) is 0.649. The second-order valence-electron chi connectivity index (χ2n) is 5.49. The zero-order valence-electron chi connectivity index (χ0n) is 12.1. The molecular weight excluding hydrogens is 212 g/mol. The van der Waals surface area contributed by atoms with Gasteiger partial charge in [-0.05, 0) is 32.2 Å². The van der Waals surface area contributed by atoms with Crippen molar-refractivity contribution in [3.63, 3.8) is 0 Å². The Kier molecular flexibility index (Phi) is 7.96. The van der Waals surface area contributed by atoms with E-state index in [4.69, 9.17) is 17.2 Å². The molecule has 0 spiro atoms. The maximum atomic E-state index is 6.17. The lowest BCUT2D eigenvalue weighted by molar-refractivity contribution is 0.288. The van der Waals surface area contributed by atoms with Gasteiger partial charge in [0, 0.05) is 24.2 Å². The van der Waals surface area contributed by atoms with Gasteiger partial charge in [-0.15, -0.1) is 0 Å². The fraction of sp³-hybridized carbons (Fsp3) is 1.00. The summed E-state index contributed by atoms with van der Waals surface area (Å²) in [6.07, 6.45) is 2.13. The molecule has 0 saturated heterocycles. The van der Waals surface area contributed by atoms with E-state index >= 15 is 0 Å². The van der Waals surface area contributed by atoms with Crippen molar-refractivity contribution in [1.29, 1.82) is 0 Å². The molecule has 0 radical (unpaired) electrons. The van der Waals surface area contributed by atoms with Gasteiger partial charge in [-0.1, -0.05) is 27.2 Å². The van der Waals surface area contributed by atoms with Crippen molar-refractivity contribution in [2.45, 2.75) is 64.7 Å². The lowest BCUT2D eigenvalue weighted by atomic mass is 9.84. The molecule has 0 amide bonds. The van der Waals surface area contributed by atoms with Gasteiger partial charge in [-0.3, -0.25) is 0 Å². The maximum absolute atomic E-state index is 6.17. The SMILES string of the molecule is CCC(C)C(C)CC(N)[C@@H](N)C(N)C(C)NC. The van der Waals surface area contributed by atoms with E-state index < -0.39 is 0 Å². The molecule has 5 unspecified atom stereocenters. The highest BCUT2D eigenvalue weighted by Gasteiger charge is 2.26. The quantitative estimate of drug-likeness (QED) is 0.504. The Morgan fingerprint density at radius 1 is 0.941 bits per heavy atom. The molecule has 4 nitrogen and oxygen atoms in total. The molecule has 0 fully saturated rings. The molecule has 17 heavy (non-hydrogen) atoms. The molecule has 0 heterocycles. The zero-order valence-corrected chi connectivity index (χ0v) is 12.1. The smallest absolute Gasteiger partial charge is 0.0361 e. The molecule has 0 bridgehead atoms. The van der Waals surface area contributed by atoms with Crippen molar-refractivity contribution in [3.8, 4) is 0 Å². The van der Waals surface area contributed by atoms with E-state index in [1.165, 1.54) is 6.42 Å². The second kappa shape index (κ2) is 8.03. The molecule has 0 saturated carbocycles. The molecule has 0 aliphatic heterocycles. The molecular formula is C13H32N4. The van der Waals surface area contributed by atoms with E-state index in [0.29, 0.717) is 11.8 Å². The number of hydrogen-bond donors (Lipinski definition) is 4. The first kappa shape index (κ1) is 16.8. The minimum Gasteiger partial charge on any atom is -0.326 e. The summed E-state index contributed by atoms with van der Waals surface area (Å²) in [4.78, 5) is 0. The van der Waals surface area contributed by atoms with E-state index in [9.17, 15) is 0 Å². The predicted molar refractivity (Wildman–Crippen MR) is 75.7 cm³/mol. The molecule has 104 valence electrons. The van der Waals surface area contributed by atoms with E-state index in [1.807, 2.05) is 14.0 Å². The van der Waals surface area contributed by atoms with Crippen LogP contribution in [-0.2, 0) is 0 Å². The highest BCUT2D eigenvalue weighted by Crippen LogP contribution is 2.20. The third-order valence-corrected chi connectivity index (χ3v) is 4.23. The number of rotatable bonds is 8. The van der Waals surface area contributed by atoms with Crippen LogP contribution in [0, 0.1) is 11.8 Å². The first-order valence-corrected chi connectivity index (χ1v) is 6.79. The number of likely N-dealkylation sites (N-methyl/N-ethyl adjacent to an activating group) is 1. The van der Waals surface area contributed by atoms with Crippen molar-refractivity contribution in [1.82, 2.24) is 5.32 Å². The Bertz CT molecular complexity index is 198. The summed E-state index contributed by atoms with van der Waals surface area (Å²) in [6.45, 7) is 8.75. The van der Waals surface area contributed by atoms with Gasteiger partial charge in [0.05, 0.1) is 0 Å². The second-order valence-corrected chi connectivity index (χ2v) is 5.49. The summed E-state index contributed by atoms with van der Waals surface area (Å²) in [5.41, 5.74) is 18.4. The van der Waals surface area contributed by atoms with Crippen LogP contribution in [0.25, 0.3) is 0 Å². The van der Waals surface area contributed by atoms with Gasteiger partial charge in [-0.2, -0.15) is 0 Å². The first-order chi connectivity index (χ1) is 7.84. The summed E-state index contributed by atoms with van der Waals surface area (Å²) >= 11 is 0. The van der Waals surface area contributed by atoms with Gasteiger partial charge < -0.3 is 22.5 Å². The van der Waals surface area contributed by atoms with Gasteiger partial charge >= 0.3 is 0 Å². The summed E-state index contributed by atoms with van der Waals surface area (Å²) in [6, 6.07) is -0.0807. The van der Waals surface area contributed by atoms with Gasteiger partial charge in [0.15, 0.2) is 0 Å². The highest BCUT2D eigenvalue weighted by atomic mass is 15.0. The maximum Gasteiger partial charge on any atom is 0.0361 e. The van der Waals surface area contributed by atoms with Crippen molar-refractivity contribution in [3.05, 3.63) is 0 Å². The van der Waals surface area contributed by atoms with Crippen molar-refractivity contribution < 1.29 is 0 Å². The normalized spacial score (nSPS) is 22.6. The minimum absolute atomic E-state index is 0.0233. The Hall–Kier alpha value is -0.160. The van der Waals surface area contributed by atoms with Crippen LogP contribution in [0.15, 0.2) is 0 Å². The van der Waals surface area contributed by atoms with Crippen LogP contribution in [0.5, 0.6) is 0 Å². The average Bonchev–Trinajstić information content (AvgIpc) is 2.34. The lowest BCUT2D eigenvalue weighted by Gasteiger charge is -2.32. The Morgan fingerprint density at radius 2 is 1.47 bits per heavy atom. The molecule has 6 atom stereocenters.